The Kier molecular flexibility index (Phi) is 4.44. The third-order valence-corrected chi connectivity index (χ3v) is 5.10. The maximum absolute atomic E-state index is 12.7. The highest BCUT2D eigenvalue weighted by molar-refractivity contribution is 5.89. The van der Waals surface area contributed by atoms with Gasteiger partial charge in [0, 0.05) is 25.2 Å². The minimum Gasteiger partial charge on any atom is -0.394 e. The van der Waals surface area contributed by atoms with Crippen LogP contribution >= 0.6 is 0 Å². The number of piperidine rings is 1. The maximum Gasteiger partial charge on any atom is 0.232 e. The molecule has 2 atom stereocenters. The number of β-lactam (4-membered cyclic amide) rings is 1. The van der Waals surface area contributed by atoms with Crippen LogP contribution in [0.3, 0.4) is 0 Å². The molecule has 2 N–H and O–H groups in total. The molecule has 0 aliphatic carbocycles. The lowest BCUT2D eigenvalue weighted by Gasteiger charge is -2.53. The van der Waals surface area contributed by atoms with Gasteiger partial charge in [-0.1, -0.05) is 5.16 Å². The molecule has 3 heterocycles. The summed E-state index contributed by atoms with van der Waals surface area (Å²) in [6.07, 6.45) is 1.11. The van der Waals surface area contributed by atoms with E-state index in [0.29, 0.717) is 19.6 Å². The van der Waals surface area contributed by atoms with Crippen LogP contribution in [0.15, 0.2) is 4.52 Å². The zero-order valence-electron chi connectivity index (χ0n) is 13.8. The topological polar surface area (TPSA) is 90.0 Å². The van der Waals surface area contributed by atoms with Crippen molar-refractivity contribution in [2.45, 2.75) is 39.3 Å². The number of rotatable bonds is 5. The van der Waals surface area contributed by atoms with Gasteiger partial charge in [0.1, 0.15) is 5.76 Å². The van der Waals surface area contributed by atoms with Crippen LogP contribution in [0.4, 0.5) is 0 Å². The first-order valence-electron chi connectivity index (χ1n) is 8.17. The Balaban J connectivity index is 1.61. The van der Waals surface area contributed by atoms with Crippen LogP contribution in [0.5, 0.6) is 0 Å². The van der Waals surface area contributed by atoms with Gasteiger partial charge in [-0.25, -0.2) is 0 Å². The standard InChI is InChI=1S/C16H25N3O4/c1-11-14(12(2)23-17-11)7-19-10-16(15(19)22)4-3-5-18(9-16)6-13(21)8-20/h13,20-21H,3-10H2,1-2H3/t13-,16-/m1/s1. The van der Waals surface area contributed by atoms with Crippen molar-refractivity contribution in [1.29, 1.82) is 0 Å². The summed E-state index contributed by atoms with van der Waals surface area (Å²) in [5.41, 5.74) is 1.52. The molecule has 7 nitrogen and oxygen atoms in total. The smallest absolute Gasteiger partial charge is 0.232 e. The van der Waals surface area contributed by atoms with Gasteiger partial charge in [0.15, 0.2) is 0 Å². The maximum atomic E-state index is 12.7. The highest BCUT2D eigenvalue weighted by atomic mass is 16.5. The molecule has 0 aromatic carbocycles. The van der Waals surface area contributed by atoms with Gasteiger partial charge in [-0.05, 0) is 33.2 Å². The number of aliphatic hydroxyl groups excluding tert-OH is 2. The molecule has 1 aromatic heterocycles. The Morgan fingerprint density at radius 3 is 2.78 bits per heavy atom. The zero-order valence-corrected chi connectivity index (χ0v) is 13.8. The van der Waals surface area contributed by atoms with Crippen LogP contribution in [-0.2, 0) is 11.3 Å². The average molecular weight is 323 g/mol. The van der Waals surface area contributed by atoms with E-state index in [0.717, 1.165) is 42.9 Å². The fraction of sp³-hybridized carbons (Fsp3) is 0.750. The van der Waals surface area contributed by atoms with Crippen molar-refractivity contribution in [2.75, 3.05) is 32.8 Å². The molecule has 23 heavy (non-hydrogen) atoms. The minimum atomic E-state index is -0.737. The van der Waals surface area contributed by atoms with E-state index in [1.54, 1.807) is 0 Å². The number of aromatic nitrogens is 1. The summed E-state index contributed by atoms with van der Waals surface area (Å²) < 4.78 is 5.16. The van der Waals surface area contributed by atoms with Gasteiger partial charge in [-0.3, -0.25) is 9.69 Å². The van der Waals surface area contributed by atoms with Gasteiger partial charge in [-0.15, -0.1) is 0 Å². The van der Waals surface area contributed by atoms with Gasteiger partial charge in [0.05, 0.1) is 30.4 Å². The van der Waals surface area contributed by atoms with Crippen LogP contribution < -0.4 is 0 Å². The monoisotopic (exact) mass is 323 g/mol. The molecule has 0 bridgehead atoms. The Bertz CT molecular complexity index is 568. The Hall–Kier alpha value is -1.44. The summed E-state index contributed by atoms with van der Waals surface area (Å²) in [5, 5.41) is 22.5. The lowest BCUT2D eigenvalue weighted by Crippen LogP contribution is -2.66. The molecule has 2 aliphatic rings. The van der Waals surface area contributed by atoms with Gasteiger partial charge in [0.2, 0.25) is 5.91 Å². The molecule has 2 saturated heterocycles. The average Bonchev–Trinajstić information content (AvgIpc) is 2.86. The van der Waals surface area contributed by atoms with E-state index in [1.807, 2.05) is 18.7 Å². The quantitative estimate of drug-likeness (QED) is 0.745. The molecule has 2 aliphatic heterocycles. The van der Waals surface area contributed by atoms with E-state index < -0.39 is 6.10 Å². The highest BCUT2D eigenvalue weighted by Crippen LogP contribution is 2.41. The number of β-amino-alcohol motifs (C(OH)–C–C–N with tert-alkyl or cyclic N) is 1. The molecule has 3 rings (SSSR count). The third kappa shape index (κ3) is 3.00. The molecule has 0 radical (unpaired) electrons. The Labute approximate surface area is 135 Å². The summed E-state index contributed by atoms with van der Waals surface area (Å²) >= 11 is 0. The summed E-state index contributed by atoms with van der Waals surface area (Å²) in [5.74, 6) is 0.952. The first-order valence-corrected chi connectivity index (χ1v) is 8.17. The van der Waals surface area contributed by atoms with Gasteiger partial charge in [-0.2, -0.15) is 0 Å². The van der Waals surface area contributed by atoms with Crippen LogP contribution in [0.2, 0.25) is 0 Å². The second-order valence-electron chi connectivity index (χ2n) is 6.92. The molecule has 0 saturated carbocycles. The SMILES string of the molecule is Cc1noc(C)c1CN1C[C@]2(CCCN(C[C@@H](O)CO)C2)C1=O. The van der Waals surface area contributed by atoms with E-state index in [4.69, 9.17) is 9.63 Å². The van der Waals surface area contributed by atoms with Crippen molar-refractivity contribution in [1.82, 2.24) is 15.0 Å². The largest absolute Gasteiger partial charge is 0.394 e. The Morgan fingerprint density at radius 1 is 1.39 bits per heavy atom. The Morgan fingerprint density at radius 2 is 2.17 bits per heavy atom. The number of aryl methyl sites for hydroxylation is 2. The highest BCUT2D eigenvalue weighted by Gasteiger charge is 2.53. The van der Waals surface area contributed by atoms with Crippen molar-refractivity contribution in [3.8, 4) is 0 Å². The number of hydrogen-bond donors (Lipinski definition) is 2. The van der Waals surface area contributed by atoms with Crippen LogP contribution in [0.1, 0.15) is 29.9 Å². The van der Waals surface area contributed by atoms with Crippen molar-refractivity contribution >= 4 is 5.91 Å². The van der Waals surface area contributed by atoms with Gasteiger partial charge < -0.3 is 19.6 Å². The molecule has 1 amide bonds. The van der Waals surface area contributed by atoms with Crippen molar-refractivity contribution in [3.05, 3.63) is 17.0 Å². The molecule has 2 fully saturated rings. The summed E-state index contributed by atoms with van der Waals surface area (Å²) in [6, 6.07) is 0. The number of nitrogens with zero attached hydrogens (tertiary/aromatic N) is 3. The molecular weight excluding hydrogens is 298 g/mol. The lowest BCUT2D eigenvalue weighted by molar-refractivity contribution is -0.168. The summed E-state index contributed by atoms with van der Waals surface area (Å²) in [6.45, 7) is 6.78. The van der Waals surface area contributed by atoms with Crippen molar-refractivity contribution in [3.63, 3.8) is 0 Å². The molecular formula is C16H25N3O4. The molecule has 1 spiro atoms. The fourth-order valence-corrected chi connectivity index (χ4v) is 3.84. The second kappa shape index (κ2) is 6.22. The van der Waals surface area contributed by atoms with Crippen molar-refractivity contribution < 1.29 is 19.5 Å². The van der Waals surface area contributed by atoms with Crippen LogP contribution in [0, 0.1) is 19.3 Å². The van der Waals surface area contributed by atoms with Crippen molar-refractivity contribution in [2.24, 2.45) is 5.41 Å². The predicted octanol–water partition coefficient (Wildman–Crippen LogP) is 0.0690. The fourth-order valence-electron chi connectivity index (χ4n) is 3.84. The molecule has 1 aromatic rings. The van der Waals surface area contributed by atoms with E-state index in [9.17, 15) is 9.90 Å². The van der Waals surface area contributed by atoms with Gasteiger partial charge >= 0.3 is 0 Å². The predicted molar refractivity (Wildman–Crippen MR) is 82.6 cm³/mol. The first kappa shape index (κ1) is 16.4. The van der Waals surface area contributed by atoms with Gasteiger partial charge in [0.25, 0.3) is 0 Å². The molecule has 7 heteroatoms. The normalized spacial score (nSPS) is 26.6. The number of hydrogen-bond acceptors (Lipinski definition) is 6. The second-order valence-corrected chi connectivity index (χ2v) is 6.92. The molecule has 0 unspecified atom stereocenters. The van der Waals surface area contributed by atoms with E-state index in [2.05, 4.69) is 10.1 Å². The number of carbonyl (C=O) groups is 1. The zero-order chi connectivity index (χ0) is 16.6. The van der Waals surface area contributed by atoms with E-state index in [-0.39, 0.29) is 17.9 Å². The lowest BCUT2D eigenvalue weighted by atomic mass is 9.72. The molecule has 128 valence electrons. The third-order valence-electron chi connectivity index (χ3n) is 5.10. The van der Waals surface area contributed by atoms with E-state index >= 15 is 0 Å². The first-order chi connectivity index (χ1) is 10.9. The van der Waals surface area contributed by atoms with E-state index in [1.165, 1.54) is 0 Å². The number of amides is 1. The summed E-state index contributed by atoms with van der Waals surface area (Å²) in [4.78, 5) is 16.7. The minimum absolute atomic E-state index is 0.181. The number of carbonyl (C=O) groups excluding carboxylic acids is 1. The van der Waals surface area contributed by atoms with Crippen LogP contribution in [-0.4, -0.2) is 70.0 Å². The number of likely N-dealkylation sites (tertiary alicyclic amines) is 2. The summed E-state index contributed by atoms with van der Waals surface area (Å²) in [7, 11) is 0. The van der Waals surface area contributed by atoms with Crippen LogP contribution in [0.25, 0.3) is 0 Å². The number of aliphatic hydroxyl groups is 2.